The van der Waals surface area contributed by atoms with Gasteiger partial charge in [-0.3, -0.25) is 0 Å². The molecule has 0 aliphatic carbocycles. The highest BCUT2D eigenvalue weighted by atomic mass is 15.1. The van der Waals surface area contributed by atoms with Crippen LogP contribution in [0.5, 0.6) is 0 Å². The lowest BCUT2D eigenvalue weighted by Crippen LogP contribution is -2.34. The minimum absolute atomic E-state index is 1.03. The Morgan fingerprint density at radius 2 is 1.09 bits per heavy atom. The molecule has 160 valence electrons. The predicted octanol–water partition coefficient (Wildman–Crippen LogP) is 6.86. The first-order valence-electron chi connectivity index (χ1n) is 11.4. The van der Waals surface area contributed by atoms with Crippen molar-refractivity contribution >= 4 is 17.8 Å². The summed E-state index contributed by atoms with van der Waals surface area (Å²) in [7, 11) is 2.14. The number of benzene rings is 3. The highest BCUT2D eigenvalue weighted by Gasteiger charge is 2.17. The van der Waals surface area contributed by atoms with E-state index < -0.39 is 0 Å². The molecule has 1 aromatic heterocycles. The van der Waals surface area contributed by atoms with Gasteiger partial charge in [0.15, 0.2) is 0 Å². The molecule has 0 atom stereocenters. The lowest BCUT2D eigenvalue weighted by atomic mass is 10.0. The zero-order chi connectivity index (χ0) is 22.3. The Bertz CT molecular complexity index is 1110. The molecule has 0 aliphatic heterocycles. The van der Waals surface area contributed by atoms with Crippen LogP contribution in [0.2, 0.25) is 0 Å². The topological polar surface area (TPSA) is 7.12 Å². The van der Waals surface area contributed by atoms with Crippen LogP contribution in [0.15, 0.2) is 97.1 Å². The van der Waals surface area contributed by atoms with Crippen LogP contribution in [0.25, 0.3) is 34.7 Å². The van der Waals surface area contributed by atoms with E-state index in [0.29, 0.717) is 0 Å². The Morgan fingerprint density at radius 3 is 1.56 bits per heavy atom. The van der Waals surface area contributed by atoms with Crippen molar-refractivity contribution in [1.82, 2.24) is 0 Å². The lowest BCUT2D eigenvalue weighted by Gasteiger charge is -2.20. The molecule has 0 N–H and O–H groups in total. The summed E-state index contributed by atoms with van der Waals surface area (Å²) in [6, 6.07) is 34.5. The first kappa shape index (κ1) is 21.6. The molecule has 0 saturated carbocycles. The third-order valence-electron chi connectivity index (χ3n) is 5.96. The van der Waals surface area contributed by atoms with E-state index in [-0.39, 0.29) is 0 Å². The maximum Gasteiger partial charge on any atom is 0.213 e. The molecule has 1 heterocycles. The lowest BCUT2D eigenvalue weighted by molar-refractivity contribution is -0.649. The summed E-state index contributed by atoms with van der Waals surface area (Å²) in [5, 5.41) is 0. The van der Waals surface area contributed by atoms with E-state index in [0.717, 1.165) is 13.1 Å². The Kier molecular flexibility index (Phi) is 6.81. The second kappa shape index (κ2) is 10.1. The fraction of sp³-hybridized carbons (Fsp3) is 0.167. The van der Waals surface area contributed by atoms with Gasteiger partial charge in [-0.1, -0.05) is 60.7 Å². The predicted molar refractivity (Wildman–Crippen MR) is 137 cm³/mol. The Morgan fingerprint density at radius 1 is 0.625 bits per heavy atom. The van der Waals surface area contributed by atoms with Gasteiger partial charge in [0.25, 0.3) is 0 Å². The Labute approximate surface area is 192 Å². The van der Waals surface area contributed by atoms with Gasteiger partial charge >= 0.3 is 0 Å². The van der Waals surface area contributed by atoms with Crippen LogP contribution in [0.4, 0.5) is 5.69 Å². The van der Waals surface area contributed by atoms with Crippen molar-refractivity contribution in [2.45, 2.75) is 13.8 Å². The molecule has 4 aromatic rings. The van der Waals surface area contributed by atoms with Crippen molar-refractivity contribution < 1.29 is 4.57 Å². The van der Waals surface area contributed by atoms with Crippen molar-refractivity contribution in [2.75, 3.05) is 18.0 Å². The van der Waals surface area contributed by atoms with Gasteiger partial charge in [-0.05, 0) is 61.4 Å². The van der Waals surface area contributed by atoms with Crippen LogP contribution >= 0.6 is 0 Å². The number of anilines is 1. The monoisotopic (exact) mass is 419 g/mol. The second-order valence-electron chi connectivity index (χ2n) is 7.95. The van der Waals surface area contributed by atoms with Gasteiger partial charge in [-0.2, -0.15) is 4.57 Å². The molecule has 0 amide bonds. The van der Waals surface area contributed by atoms with Crippen LogP contribution in [-0.4, -0.2) is 13.1 Å². The zero-order valence-corrected chi connectivity index (χ0v) is 19.2. The number of nitrogens with zero attached hydrogens (tertiary/aromatic N) is 2. The summed E-state index contributed by atoms with van der Waals surface area (Å²) in [4.78, 5) is 2.36. The molecular weight excluding hydrogens is 388 g/mol. The summed E-state index contributed by atoms with van der Waals surface area (Å²) in [5.74, 6) is 0. The molecule has 4 rings (SSSR count). The van der Waals surface area contributed by atoms with Gasteiger partial charge in [0.05, 0.1) is 0 Å². The smallest absolute Gasteiger partial charge is 0.213 e. The fourth-order valence-electron chi connectivity index (χ4n) is 4.13. The highest BCUT2D eigenvalue weighted by molar-refractivity contribution is 5.74. The van der Waals surface area contributed by atoms with Crippen LogP contribution in [0, 0.1) is 0 Å². The molecule has 0 spiro atoms. The van der Waals surface area contributed by atoms with Crippen molar-refractivity contribution in [3.8, 4) is 22.5 Å². The van der Waals surface area contributed by atoms with E-state index >= 15 is 0 Å². The minimum Gasteiger partial charge on any atom is -0.372 e. The molecule has 2 heteroatoms. The summed E-state index contributed by atoms with van der Waals surface area (Å²) in [6.07, 6.45) is 4.41. The summed E-state index contributed by atoms with van der Waals surface area (Å²) >= 11 is 0. The SMILES string of the molecule is CCN(CC)c1ccc(/C=C/c2cc(-c3ccccc3)[n+](C)c(-c3ccccc3)c2)cc1. The average Bonchev–Trinajstić information content (AvgIpc) is 2.86. The quantitative estimate of drug-likeness (QED) is 0.297. The van der Waals surface area contributed by atoms with Gasteiger partial charge in [-0.15, -0.1) is 0 Å². The van der Waals surface area contributed by atoms with Gasteiger partial charge in [0.2, 0.25) is 11.4 Å². The summed E-state index contributed by atoms with van der Waals surface area (Å²) < 4.78 is 2.28. The molecule has 32 heavy (non-hydrogen) atoms. The number of rotatable bonds is 7. The zero-order valence-electron chi connectivity index (χ0n) is 19.2. The van der Waals surface area contributed by atoms with Gasteiger partial charge in [-0.25, -0.2) is 0 Å². The van der Waals surface area contributed by atoms with Gasteiger partial charge in [0, 0.05) is 42.0 Å². The van der Waals surface area contributed by atoms with E-state index in [9.17, 15) is 0 Å². The van der Waals surface area contributed by atoms with Crippen LogP contribution in [0.1, 0.15) is 25.0 Å². The molecule has 2 nitrogen and oxygen atoms in total. The van der Waals surface area contributed by atoms with E-state index in [1.54, 1.807) is 0 Å². The number of hydrogen-bond donors (Lipinski definition) is 0. The van der Waals surface area contributed by atoms with Crippen molar-refractivity contribution in [3.05, 3.63) is 108 Å². The third-order valence-corrected chi connectivity index (χ3v) is 5.96. The first-order chi connectivity index (χ1) is 15.7. The van der Waals surface area contributed by atoms with E-state index in [1.807, 2.05) is 0 Å². The fourth-order valence-corrected chi connectivity index (χ4v) is 4.13. The highest BCUT2D eigenvalue weighted by Crippen LogP contribution is 2.24. The number of hydrogen-bond acceptors (Lipinski definition) is 1. The molecule has 0 aliphatic rings. The number of aromatic nitrogens is 1. The molecular formula is C30H31N2+. The largest absolute Gasteiger partial charge is 0.372 e. The average molecular weight is 420 g/mol. The first-order valence-corrected chi connectivity index (χ1v) is 11.4. The molecule has 3 aromatic carbocycles. The maximum absolute atomic E-state index is 2.36. The molecule has 0 fully saturated rings. The summed E-state index contributed by atoms with van der Waals surface area (Å²) in [5.41, 5.74) is 8.49. The summed E-state index contributed by atoms with van der Waals surface area (Å²) in [6.45, 7) is 6.44. The number of pyridine rings is 1. The van der Waals surface area contributed by atoms with Crippen molar-refractivity contribution in [1.29, 1.82) is 0 Å². The third kappa shape index (κ3) is 4.81. The normalized spacial score (nSPS) is 11.1. The molecule has 0 saturated heterocycles. The molecule has 0 bridgehead atoms. The van der Waals surface area contributed by atoms with Crippen LogP contribution in [0.3, 0.4) is 0 Å². The van der Waals surface area contributed by atoms with Crippen LogP contribution < -0.4 is 9.47 Å². The molecule has 0 unspecified atom stereocenters. The van der Waals surface area contributed by atoms with E-state index in [2.05, 4.69) is 140 Å². The van der Waals surface area contributed by atoms with Crippen molar-refractivity contribution in [3.63, 3.8) is 0 Å². The second-order valence-corrected chi connectivity index (χ2v) is 7.95. The van der Waals surface area contributed by atoms with Gasteiger partial charge < -0.3 is 4.90 Å². The standard InChI is InChI=1S/C30H31N2/c1-4-32(5-2)28-20-18-24(19-21-28)16-17-25-22-29(26-12-8-6-9-13-26)31(3)30(23-25)27-14-10-7-11-15-27/h6-23H,4-5H2,1-3H3/q+1. The van der Waals surface area contributed by atoms with Crippen molar-refractivity contribution in [2.24, 2.45) is 7.05 Å². The van der Waals surface area contributed by atoms with Gasteiger partial charge in [0.1, 0.15) is 7.05 Å². The molecule has 0 radical (unpaired) electrons. The minimum atomic E-state index is 1.03. The Balaban J connectivity index is 1.72. The van der Waals surface area contributed by atoms with E-state index in [1.165, 1.54) is 39.3 Å². The van der Waals surface area contributed by atoms with E-state index in [4.69, 9.17) is 0 Å². The maximum atomic E-state index is 2.36. The van der Waals surface area contributed by atoms with Crippen LogP contribution in [-0.2, 0) is 7.05 Å². The Hall–Kier alpha value is -3.65.